The predicted octanol–water partition coefficient (Wildman–Crippen LogP) is 1.32. The molecule has 0 aliphatic carbocycles. The van der Waals surface area contributed by atoms with Crippen molar-refractivity contribution in [3.05, 3.63) is 11.4 Å². The van der Waals surface area contributed by atoms with Crippen LogP contribution in [0.15, 0.2) is 0 Å². The molecule has 1 amide bonds. The van der Waals surface area contributed by atoms with Crippen molar-refractivity contribution in [1.29, 1.82) is 0 Å². The van der Waals surface area contributed by atoms with E-state index in [-0.39, 0.29) is 24.4 Å². The summed E-state index contributed by atoms with van der Waals surface area (Å²) >= 11 is 0. The van der Waals surface area contributed by atoms with E-state index in [0.717, 1.165) is 0 Å². The number of nitrogens with zero attached hydrogens (tertiary/aromatic N) is 1. The van der Waals surface area contributed by atoms with Crippen molar-refractivity contribution in [1.82, 2.24) is 10.2 Å². The quantitative estimate of drug-likeness (QED) is 0.678. The van der Waals surface area contributed by atoms with E-state index < -0.39 is 18.7 Å². The monoisotopic (exact) mass is 245 g/mol. The third-order valence-electron chi connectivity index (χ3n) is 1.89. The predicted molar refractivity (Wildman–Crippen MR) is 55.8 cm³/mol. The Labute approximate surface area is 96.0 Å². The number of carbonyl (C=O) groups excluding carboxylic acids is 1. The molecule has 0 bridgehead atoms. The zero-order chi connectivity index (χ0) is 12.8. The first kappa shape index (κ1) is 12.9. The molecular weight excluding hydrogens is 233 g/mol. The number of carboxylic acids is 1. The maximum atomic E-state index is 11.8. The van der Waals surface area contributed by atoms with E-state index in [9.17, 15) is 14.0 Å². The number of hydrogen-bond acceptors (Lipinski definition) is 4. The second-order valence-corrected chi connectivity index (χ2v) is 3.18. The van der Waals surface area contributed by atoms with Crippen LogP contribution < -0.4 is 5.32 Å². The first-order valence-electron chi connectivity index (χ1n) is 4.84. The highest BCUT2D eigenvalue weighted by atomic mass is 19.1. The summed E-state index contributed by atoms with van der Waals surface area (Å²) in [6.45, 7) is 0.899. The van der Waals surface area contributed by atoms with E-state index in [1.165, 1.54) is 0 Å². The number of aromatic amines is 1. The van der Waals surface area contributed by atoms with Crippen LogP contribution in [-0.4, -0.2) is 40.6 Å². The Balaban J connectivity index is 2.64. The number of aromatic carboxylic acids is 1. The number of aryl methyl sites for hydroxylation is 1. The van der Waals surface area contributed by atoms with E-state index >= 15 is 0 Å². The van der Waals surface area contributed by atoms with Gasteiger partial charge in [0, 0.05) is 6.42 Å². The molecule has 1 rings (SSSR count). The number of H-pyrrole nitrogens is 1. The number of amides is 1. The molecule has 7 nitrogen and oxygen atoms in total. The maximum absolute atomic E-state index is 11.8. The van der Waals surface area contributed by atoms with Gasteiger partial charge in [-0.05, 0) is 6.92 Å². The van der Waals surface area contributed by atoms with Crippen LogP contribution in [0.25, 0.3) is 0 Å². The van der Waals surface area contributed by atoms with Crippen molar-refractivity contribution in [2.75, 3.05) is 18.6 Å². The zero-order valence-electron chi connectivity index (χ0n) is 9.12. The van der Waals surface area contributed by atoms with Crippen LogP contribution in [0.5, 0.6) is 0 Å². The molecule has 94 valence electrons. The van der Waals surface area contributed by atoms with Crippen LogP contribution in [0, 0.1) is 6.92 Å². The minimum atomic E-state index is -1.27. The van der Waals surface area contributed by atoms with Crippen molar-refractivity contribution in [2.24, 2.45) is 0 Å². The SMILES string of the molecule is Cc1[nH]nc(C(=O)O)c1NC(=O)OCCCF. The molecule has 0 aliphatic heterocycles. The Morgan fingerprint density at radius 3 is 2.88 bits per heavy atom. The van der Waals surface area contributed by atoms with Crippen LogP contribution in [0.1, 0.15) is 22.6 Å². The number of nitrogens with one attached hydrogen (secondary N) is 2. The van der Waals surface area contributed by atoms with Crippen LogP contribution in [0.2, 0.25) is 0 Å². The van der Waals surface area contributed by atoms with Gasteiger partial charge in [-0.25, -0.2) is 9.59 Å². The van der Waals surface area contributed by atoms with Crippen molar-refractivity contribution >= 4 is 17.7 Å². The Bertz CT molecular complexity index is 418. The average molecular weight is 245 g/mol. The normalized spacial score (nSPS) is 10.0. The van der Waals surface area contributed by atoms with Gasteiger partial charge in [0.15, 0.2) is 5.69 Å². The summed E-state index contributed by atoms with van der Waals surface area (Å²) in [4.78, 5) is 22.0. The third kappa shape index (κ3) is 3.44. The second-order valence-electron chi connectivity index (χ2n) is 3.18. The largest absolute Gasteiger partial charge is 0.476 e. The van der Waals surface area contributed by atoms with Gasteiger partial charge >= 0.3 is 12.1 Å². The highest BCUT2D eigenvalue weighted by Gasteiger charge is 2.19. The number of halogens is 1. The molecule has 17 heavy (non-hydrogen) atoms. The maximum Gasteiger partial charge on any atom is 0.411 e. The Morgan fingerprint density at radius 1 is 1.59 bits per heavy atom. The Hall–Kier alpha value is -2.12. The minimum Gasteiger partial charge on any atom is -0.476 e. The summed E-state index contributed by atoms with van der Waals surface area (Å²) in [5.74, 6) is -1.27. The van der Waals surface area contributed by atoms with Gasteiger partial charge < -0.3 is 9.84 Å². The van der Waals surface area contributed by atoms with Crippen LogP contribution in [0.4, 0.5) is 14.9 Å². The molecule has 1 aromatic heterocycles. The standard InChI is InChI=1S/C9H12FN3O4/c1-5-6(7(8(14)15)13-12-5)11-9(16)17-4-2-3-10/h2-4H2,1H3,(H,11,16)(H,12,13)(H,14,15). The number of hydrogen-bond donors (Lipinski definition) is 3. The minimum absolute atomic E-state index is 0.0442. The number of rotatable bonds is 5. The summed E-state index contributed by atoms with van der Waals surface area (Å²) in [6.07, 6.45) is -0.741. The van der Waals surface area contributed by atoms with Crippen molar-refractivity contribution < 1.29 is 23.8 Å². The number of alkyl halides is 1. The Morgan fingerprint density at radius 2 is 2.29 bits per heavy atom. The van der Waals surface area contributed by atoms with Gasteiger partial charge in [-0.15, -0.1) is 0 Å². The average Bonchev–Trinajstić information content (AvgIpc) is 2.61. The highest BCUT2D eigenvalue weighted by Crippen LogP contribution is 2.17. The van der Waals surface area contributed by atoms with Gasteiger partial charge in [0.2, 0.25) is 0 Å². The summed E-state index contributed by atoms with van der Waals surface area (Å²) in [7, 11) is 0. The number of anilines is 1. The smallest absolute Gasteiger partial charge is 0.411 e. The lowest BCUT2D eigenvalue weighted by atomic mass is 10.3. The molecule has 0 atom stereocenters. The van der Waals surface area contributed by atoms with Gasteiger partial charge in [-0.1, -0.05) is 0 Å². The summed E-state index contributed by atoms with van der Waals surface area (Å²) in [6, 6.07) is 0. The number of aromatic nitrogens is 2. The summed E-state index contributed by atoms with van der Waals surface area (Å²) in [5.41, 5.74) is 0.137. The van der Waals surface area contributed by atoms with Crippen LogP contribution in [-0.2, 0) is 4.74 Å². The molecule has 0 aliphatic rings. The molecule has 0 fully saturated rings. The zero-order valence-corrected chi connectivity index (χ0v) is 9.12. The van der Waals surface area contributed by atoms with Gasteiger partial charge in [0.25, 0.3) is 0 Å². The van der Waals surface area contributed by atoms with E-state index in [2.05, 4.69) is 20.3 Å². The van der Waals surface area contributed by atoms with Gasteiger partial charge in [-0.3, -0.25) is 14.8 Å². The molecule has 0 saturated heterocycles. The lowest BCUT2D eigenvalue weighted by Gasteiger charge is -2.05. The van der Waals surface area contributed by atoms with Gasteiger partial charge in [0.1, 0.15) is 0 Å². The molecule has 3 N–H and O–H groups in total. The molecular formula is C9H12FN3O4. The molecule has 0 aromatic carbocycles. The van der Waals surface area contributed by atoms with Gasteiger partial charge in [0.05, 0.1) is 24.7 Å². The first-order chi connectivity index (χ1) is 8.06. The fraction of sp³-hybridized carbons (Fsp3) is 0.444. The third-order valence-corrected chi connectivity index (χ3v) is 1.89. The molecule has 0 saturated carbocycles. The number of ether oxygens (including phenoxy) is 1. The lowest BCUT2D eigenvalue weighted by molar-refractivity contribution is 0.0691. The van der Waals surface area contributed by atoms with Gasteiger partial charge in [-0.2, -0.15) is 5.10 Å². The lowest BCUT2D eigenvalue weighted by Crippen LogP contribution is -2.16. The fourth-order valence-corrected chi connectivity index (χ4v) is 1.09. The molecule has 8 heteroatoms. The molecule has 1 heterocycles. The van der Waals surface area contributed by atoms with E-state index in [0.29, 0.717) is 5.69 Å². The molecule has 1 aromatic rings. The molecule has 0 radical (unpaired) electrons. The highest BCUT2D eigenvalue weighted by molar-refractivity contribution is 5.97. The van der Waals surface area contributed by atoms with E-state index in [1.807, 2.05) is 0 Å². The second kappa shape index (κ2) is 5.83. The van der Waals surface area contributed by atoms with Crippen molar-refractivity contribution in [3.63, 3.8) is 0 Å². The van der Waals surface area contributed by atoms with Crippen LogP contribution in [0.3, 0.4) is 0 Å². The molecule has 0 spiro atoms. The van der Waals surface area contributed by atoms with Crippen molar-refractivity contribution in [2.45, 2.75) is 13.3 Å². The topological polar surface area (TPSA) is 104 Å². The first-order valence-corrected chi connectivity index (χ1v) is 4.84. The molecule has 0 unspecified atom stereocenters. The Kier molecular flexibility index (Phi) is 4.44. The fourth-order valence-electron chi connectivity index (χ4n) is 1.09. The van der Waals surface area contributed by atoms with Crippen molar-refractivity contribution in [3.8, 4) is 0 Å². The number of carbonyl (C=O) groups is 2. The van der Waals surface area contributed by atoms with E-state index in [4.69, 9.17) is 5.11 Å². The summed E-state index contributed by atoms with van der Waals surface area (Å²) in [5, 5.41) is 17.0. The number of carboxylic acid groups (broad SMARTS) is 1. The van der Waals surface area contributed by atoms with Crippen LogP contribution >= 0.6 is 0 Å². The summed E-state index contributed by atoms with van der Waals surface area (Å²) < 4.78 is 16.4. The van der Waals surface area contributed by atoms with E-state index in [1.54, 1.807) is 6.92 Å².